The normalized spacial score (nSPS) is 12.6. The fraction of sp³-hybridized carbons (Fsp3) is 0.462. The van der Waals surface area contributed by atoms with Crippen LogP contribution < -0.4 is 5.46 Å². The van der Waals surface area contributed by atoms with Gasteiger partial charge in [0.2, 0.25) is 0 Å². The van der Waals surface area contributed by atoms with E-state index in [-0.39, 0.29) is 5.92 Å². The van der Waals surface area contributed by atoms with Gasteiger partial charge in [-0.25, -0.2) is 0 Å². The molecule has 0 aromatic heterocycles. The van der Waals surface area contributed by atoms with Gasteiger partial charge < -0.3 is 15.2 Å². The molecular formula is C13H19BO4. The molecule has 0 bridgehead atoms. The molecular weight excluding hydrogens is 231 g/mol. The maximum Gasteiger partial charge on any atom is 0.488 e. The summed E-state index contributed by atoms with van der Waals surface area (Å²) in [6.45, 7) is 5.55. The zero-order valence-corrected chi connectivity index (χ0v) is 10.9. The summed E-state index contributed by atoms with van der Waals surface area (Å²) in [7, 11) is -1.49. The van der Waals surface area contributed by atoms with Crippen LogP contribution in [0.5, 0.6) is 0 Å². The second-order valence-corrected chi connectivity index (χ2v) is 4.96. The van der Waals surface area contributed by atoms with Gasteiger partial charge in [-0.2, -0.15) is 0 Å². The van der Waals surface area contributed by atoms with Crippen LogP contribution in [0.25, 0.3) is 0 Å². The number of rotatable bonds is 5. The predicted octanol–water partition coefficient (Wildman–Crippen LogP) is 0.574. The molecule has 1 unspecified atom stereocenters. The molecule has 0 spiro atoms. The number of hydrogen-bond acceptors (Lipinski definition) is 3. The summed E-state index contributed by atoms with van der Waals surface area (Å²) >= 11 is 0. The minimum Gasteiger partial charge on any atom is -0.481 e. The van der Waals surface area contributed by atoms with Gasteiger partial charge in [0, 0.05) is 0 Å². The number of aryl methyl sites for hydroxylation is 1. The highest BCUT2D eigenvalue weighted by molar-refractivity contribution is 6.59. The van der Waals surface area contributed by atoms with Crippen molar-refractivity contribution in [1.82, 2.24) is 0 Å². The van der Waals surface area contributed by atoms with Crippen molar-refractivity contribution in [3.63, 3.8) is 0 Å². The van der Waals surface area contributed by atoms with Gasteiger partial charge in [0.05, 0.1) is 5.92 Å². The first-order valence-electron chi connectivity index (χ1n) is 6.01. The fourth-order valence-corrected chi connectivity index (χ4v) is 2.02. The van der Waals surface area contributed by atoms with Gasteiger partial charge in [-0.3, -0.25) is 4.79 Å². The molecule has 0 fully saturated rings. The maximum atomic E-state index is 11.1. The van der Waals surface area contributed by atoms with E-state index in [1.165, 1.54) is 0 Å². The quantitative estimate of drug-likeness (QED) is 0.668. The van der Waals surface area contributed by atoms with Crippen LogP contribution in [-0.2, 0) is 11.2 Å². The van der Waals surface area contributed by atoms with Crippen LogP contribution >= 0.6 is 0 Å². The highest BCUT2D eigenvalue weighted by atomic mass is 16.4. The summed E-state index contributed by atoms with van der Waals surface area (Å²) in [6, 6.07) is 5.20. The molecule has 0 aliphatic rings. The summed E-state index contributed by atoms with van der Waals surface area (Å²) in [6.07, 6.45) is 0.454. The monoisotopic (exact) mass is 250 g/mol. The summed E-state index contributed by atoms with van der Waals surface area (Å²) in [4.78, 5) is 11.1. The first-order chi connectivity index (χ1) is 8.32. The topological polar surface area (TPSA) is 77.8 Å². The van der Waals surface area contributed by atoms with Crippen LogP contribution in [0.1, 0.15) is 25.0 Å². The van der Waals surface area contributed by atoms with Crippen LogP contribution in [0.4, 0.5) is 0 Å². The number of carboxylic acid groups (broad SMARTS) is 1. The Morgan fingerprint density at radius 1 is 1.33 bits per heavy atom. The fourth-order valence-electron chi connectivity index (χ4n) is 2.02. The maximum absolute atomic E-state index is 11.1. The Hall–Kier alpha value is -1.33. The zero-order chi connectivity index (χ0) is 13.9. The summed E-state index contributed by atoms with van der Waals surface area (Å²) in [5.41, 5.74) is 2.11. The third-order valence-corrected chi connectivity index (χ3v) is 3.19. The van der Waals surface area contributed by atoms with Crippen molar-refractivity contribution in [2.24, 2.45) is 11.8 Å². The van der Waals surface area contributed by atoms with Crippen molar-refractivity contribution in [1.29, 1.82) is 0 Å². The number of carboxylic acids is 1. The molecule has 3 N–H and O–H groups in total. The lowest BCUT2D eigenvalue weighted by Crippen LogP contribution is -2.32. The molecule has 4 nitrogen and oxygen atoms in total. The third-order valence-electron chi connectivity index (χ3n) is 3.19. The largest absolute Gasteiger partial charge is 0.488 e. The number of carbonyl (C=O) groups is 1. The molecule has 0 aliphatic carbocycles. The molecule has 1 aromatic rings. The number of hydrogen-bond donors (Lipinski definition) is 3. The van der Waals surface area contributed by atoms with Crippen molar-refractivity contribution < 1.29 is 19.9 Å². The molecule has 0 radical (unpaired) electrons. The van der Waals surface area contributed by atoms with Crippen LogP contribution in [-0.4, -0.2) is 28.2 Å². The Morgan fingerprint density at radius 2 is 1.94 bits per heavy atom. The Kier molecular flexibility index (Phi) is 4.93. The van der Waals surface area contributed by atoms with Crippen molar-refractivity contribution in [2.75, 3.05) is 0 Å². The van der Waals surface area contributed by atoms with Gasteiger partial charge >= 0.3 is 13.1 Å². The van der Waals surface area contributed by atoms with Crippen LogP contribution in [0.15, 0.2) is 18.2 Å². The van der Waals surface area contributed by atoms with E-state index in [4.69, 9.17) is 15.2 Å². The Labute approximate surface area is 107 Å². The van der Waals surface area contributed by atoms with E-state index in [1.54, 1.807) is 19.1 Å². The summed E-state index contributed by atoms with van der Waals surface area (Å²) in [5.74, 6) is -1.16. The lowest BCUT2D eigenvalue weighted by atomic mass is 9.76. The molecule has 0 heterocycles. The smallest absolute Gasteiger partial charge is 0.481 e. The molecule has 18 heavy (non-hydrogen) atoms. The SMILES string of the molecule is Cc1cc(CC(C(=O)O)C(C)C)ccc1B(O)O. The molecule has 1 rings (SSSR count). The van der Waals surface area contributed by atoms with E-state index >= 15 is 0 Å². The molecule has 0 amide bonds. The summed E-state index contributed by atoms with van der Waals surface area (Å²) in [5, 5.41) is 27.4. The molecule has 1 aromatic carbocycles. The van der Waals surface area contributed by atoms with Crippen molar-refractivity contribution in [3.8, 4) is 0 Å². The minimum absolute atomic E-state index is 0.0610. The average molecular weight is 250 g/mol. The molecule has 98 valence electrons. The van der Waals surface area contributed by atoms with E-state index in [2.05, 4.69) is 0 Å². The highest BCUT2D eigenvalue weighted by Crippen LogP contribution is 2.18. The molecule has 0 saturated carbocycles. The first kappa shape index (κ1) is 14.7. The lowest BCUT2D eigenvalue weighted by Gasteiger charge is -2.17. The second kappa shape index (κ2) is 6.02. The Balaban J connectivity index is 2.92. The van der Waals surface area contributed by atoms with E-state index < -0.39 is 19.0 Å². The lowest BCUT2D eigenvalue weighted by molar-refractivity contribution is -0.143. The van der Waals surface area contributed by atoms with Crippen molar-refractivity contribution in [2.45, 2.75) is 27.2 Å². The van der Waals surface area contributed by atoms with Crippen LogP contribution in [0, 0.1) is 18.8 Å². The Bertz CT molecular complexity index is 429. The first-order valence-corrected chi connectivity index (χ1v) is 6.01. The van der Waals surface area contributed by atoms with E-state index in [0.29, 0.717) is 11.9 Å². The van der Waals surface area contributed by atoms with Gasteiger partial charge in [0.1, 0.15) is 0 Å². The molecule has 1 atom stereocenters. The number of aliphatic carboxylic acids is 1. The van der Waals surface area contributed by atoms with Gasteiger partial charge in [-0.15, -0.1) is 0 Å². The third kappa shape index (κ3) is 3.58. The zero-order valence-electron chi connectivity index (χ0n) is 10.9. The average Bonchev–Trinajstić information content (AvgIpc) is 2.24. The predicted molar refractivity (Wildman–Crippen MR) is 70.7 cm³/mol. The van der Waals surface area contributed by atoms with Crippen LogP contribution in [0.3, 0.4) is 0 Å². The summed E-state index contributed by atoms with van der Waals surface area (Å²) < 4.78 is 0. The van der Waals surface area contributed by atoms with E-state index in [0.717, 1.165) is 11.1 Å². The molecule has 0 aliphatic heterocycles. The standard InChI is InChI=1S/C13H19BO4/c1-8(2)11(13(15)16)7-10-4-5-12(14(17)18)9(3)6-10/h4-6,8,11,17-18H,7H2,1-3H3,(H,15,16). The Morgan fingerprint density at radius 3 is 2.33 bits per heavy atom. The van der Waals surface area contributed by atoms with E-state index in [1.807, 2.05) is 19.9 Å². The minimum atomic E-state index is -1.49. The second-order valence-electron chi connectivity index (χ2n) is 4.96. The molecule has 0 saturated heterocycles. The van der Waals surface area contributed by atoms with Gasteiger partial charge in [0.25, 0.3) is 0 Å². The van der Waals surface area contributed by atoms with Crippen LogP contribution in [0.2, 0.25) is 0 Å². The van der Waals surface area contributed by atoms with Crippen molar-refractivity contribution >= 4 is 18.6 Å². The van der Waals surface area contributed by atoms with Gasteiger partial charge in [0.15, 0.2) is 0 Å². The number of benzene rings is 1. The van der Waals surface area contributed by atoms with E-state index in [9.17, 15) is 4.79 Å². The highest BCUT2D eigenvalue weighted by Gasteiger charge is 2.22. The molecule has 5 heteroatoms. The van der Waals surface area contributed by atoms with Gasteiger partial charge in [-0.05, 0) is 30.3 Å². The van der Waals surface area contributed by atoms with Gasteiger partial charge in [-0.1, -0.05) is 37.6 Å². The van der Waals surface area contributed by atoms with Crippen molar-refractivity contribution in [3.05, 3.63) is 29.3 Å².